The highest BCUT2D eigenvalue weighted by molar-refractivity contribution is 5.80. The van der Waals surface area contributed by atoms with Crippen LogP contribution in [0.3, 0.4) is 0 Å². The first kappa shape index (κ1) is 17.0. The standard InChI is InChI=1S/C21H31N3O/c1-2-19-21(10-4-14-23(19)15-17-5-3-6-17)11-7-20(25)24(21)16-18-8-12-22-13-9-18/h8-9,12-13,17,19H,2-7,10-11,14-16H2,1H3/t19-,21+/m1/s1. The van der Waals surface area contributed by atoms with E-state index in [0.29, 0.717) is 11.9 Å². The van der Waals surface area contributed by atoms with Crippen molar-refractivity contribution in [3.05, 3.63) is 30.1 Å². The van der Waals surface area contributed by atoms with Crippen molar-refractivity contribution in [2.24, 2.45) is 5.92 Å². The van der Waals surface area contributed by atoms with Crippen LogP contribution in [0.15, 0.2) is 24.5 Å². The molecule has 3 heterocycles. The molecule has 3 aliphatic rings. The minimum Gasteiger partial charge on any atom is -0.331 e. The van der Waals surface area contributed by atoms with Crippen LogP contribution in [-0.4, -0.2) is 45.4 Å². The average molecular weight is 341 g/mol. The van der Waals surface area contributed by atoms with Gasteiger partial charge >= 0.3 is 0 Å². The Kier molecular flexibility index (Phi) is 4.81. The first-order chi connectivity index (χ1) is 12.2. The predicted molar refractivity (Wildman–Crippen MR) is 99.0 cm³/mol. The molecule has 25 heavy (non-hydrogen) atoms. The Hall–Kier alpha value is -1.42. The fraction of sp³-hybridized carbons (Fsp3) is 0.714. The van der Waals surface area contributed by atoms with Gasteiger partial charge < -0.3 is 4.90 Å². The number of carbonyl (C=O) groups excluding carboxylic acids is 1. The highest BCUT2D eigenvalue weighted by Gasteiger charge is 2.53. The first-order valence-corrected chi connectivity index (χ1v) is 10.2. The van der Waals surface area contributed by atoms with Gasteiger partial charge in [-0.25, -0.2) is 0 Å². The summed E-state index contributed by atoms with van der Waals surface area (Å²) in [5.74, 6) is 1.25. The topological polar surface area (TPSA) is 36.4 Å². The molecule has 2 saturated heterocycles. The Morgan fingerprint density at radius 1 is 1.20 bits per heavy atom. The predicted octanol–water partition coefficient (Wildman–Crippen LogP) is 3.62. The van der Waals surface area contributed by atoms with E-state index < -0.39 is 0 Å². The van der Waals surface area contributed by atoms with Crippen LogP contribution in [0.1, 0.15) is 63.9 Å². The van der Waals surface area contributed by atoms with Gasteiger partial charge in [0.25, 0.3) is 0 Å². The normalized spacial score (nSPS) is 30.8. The Morgan fingerprint density at radius 3 is 2.68 bits per heavy atom. The zero-order valence-electron chi connectivity index (χ0n) is 15.5. The molecule has 136 valence electrons. The summed E-state index contributed by atoms with van der Waals surface area (Å²) in [4.78, 5) is 21.9. The van der Waals surface area contributed by atoms with Crippen LogP contribution in [0.4, 0.5) is 0 Å². The largest absolute Gasteiger partial charge is 0.331 e. The Morgan fingerprint density at radius 2 is 2.00 bits per heavy atom. The molecule has 0 aromatic carbocycles. The molecule has 0 unspecified atom stereocenters. The van der Waals surface area contributed by atoms with Crippen LogP contribution in [0.2, 0.25) is 0 Å². The Labute approximate surface area is 151 Å². The van der Waals surface area contributed by atoms with Gasteiger partial charge in [0.1, 0.15) is 0 Å². The Bertz CT molecular complexity index is 600. The van der Waals surface area contributed by atoms with E-state index in [-0.39, 0.29) is 5.54 Å². The van der Waals surface area contributed by atoms with Crippen molar-refractivity contribution >= 4 is 5.91 Å². The quantitative estimate of drug-likeness (QED) is 0.821. The molecule has 4 nitrogen and oxygen atoms in total. The van der Waals surface area contributed by atoms with E-state index in [1.807, 2.05) is 12.4 Å². The second-order valence-corrected chi connectivity index (χ2v) is 8.26. The summed E-state index contributed by atoms with van der Waals surface area (Å²) in [6, 6.07) is 4.62. The van der Waals surface area contributed by atoms with Crippen LogP contribution in [-0.2, 0) is 11.3 Å². The number of rotatable bonds is 5. The summed E-state index contributed by atoms with van der Waals surface area (Å²) >= 11 is 0. The summed E-state index contributed by atoms with van der Waals surface area (Å²) in [5, 5.41) is 0. The Balaban J connectivity index is 1.58. The second-order valence-electron chi connectivity index (χ2n) is 8.26. The lowest BCUT2D eigenvalue weighted by atomic mass is 9.76. The van der Waals surface area contributed by atoms with Crippen molar-refractivity contribution in [3.8, 4) is 0 Å². The molecule has 2 aliphatic heterocycles. The van der Waals surface area contributed by atoms with Gasteiger partial charge in [-0.1, -0.05) is 13.3 Å². The van der Waals surface area contributed by atoms with Gasteiger partial charge in [-0.3, -0.25) is 14.7 Å². The number of likely N-dealkylation sites (tertiary alicyclic amines) is 2. The molecule has 0 radical (unpaired) electrons. The molecule has 4 rings (SSSR count). The number of amides is 1. The molecule has 1 amide bonds. The maximum atomic E-state index is 12.8. The first-order valence-electron chi connectivity index (χ1n) is 10.2. The van der Waals surface area contributed by atoms with Crippen LogP contribution in [0, 0.1) is 5.92 Å². The lowest BCUT2D eigenvalue weighted by molar-refractivity contribution is -0.136. The third-order valence-electron chi connectivity index (χ3n) is 6.92. The average Bonchev–Trinajstić information content (AvgIpc) is 2.89. The van der Waals surface area contributed by atoms with Crippen molar-refractivity contribution in [2.45, 2.75) is 76.4 Å². The lowest BCUT2D eigenvalue weighted by Gasteiger charge is -2.53. The summed E-state index contributed by atoms with van der Waals surface area (Å²) < 4.78 is 0. The molecular formula is C21H31N3O. The van der Waals surface area contributed by atoms with E-state index in [9.17, 15) is 4.79 Å². The fourth-order valence-corrected chi connectivity index (χ4v) is 5.48. The molecule has 1 aromatic heterocycles. The molecule has 3 fully saturated rings. The maximum absolute atomic E-state index is 12.8. The third kappa shape index (κ3) is 3.10. The molecule has 1 aliphatic carbocycles. The van der Waals surface area contributed by atoms with Crippen LogP contribution in [0.5, 0.6) is 0 Å². The number of pyridine rings is 1. The van der Waals surface area contributed by atoms with Gasteiger partial charge in [0.15, 0.2) is 0 Å². The zero-order chi connectivity index (χ0) is 17.3. The zero-order valence-corrected chi connectivity index (χ0v) is 15.5. The van der Waals surface area contributed by atoms with Gasteiger partial charge in [-0.2, -0.15) is 0 Å². The molecule has 1 saturated carbocycles. The molecule has 1 aromatic rings. The van der Waals surface area contributed by atoms with E-state index >= 15 is 0 Å². The maximum Gasteiger partial charge on any atom is 0.223 e. The van der Waals surface area contributed by atoms with Crippen molar-refractivity contribution in [3.63, 3.8) is 0 Å². The molecule has 1 spiro atoms. The van der Waals surface area contributed by atoms with E-state index in [4.69, 9.17) is 0 Å². The van der Waals surface area contributed by atoms with E-state index in [0.717, 1.165) is 31.7 Å². The van der Waals surface area contributed by atoms with Crippen molar-refractivity contribution < 1.29 is 4.79 Å². The fourth-order valence-electron chi connectivity index (χ4n) is 5.48. The molecular weight excluding hydrogens is 310 g/mol. The summed E-state index contributed by atoms with van der Waals surface area (Å²) in [5.41, 5.74) is 1.26. The van der Waals surface area contributed by atoms with Crippen LogP contribution >= 0.6 is 0 Å². The summed E-state index contributed by atoms with van der Waals surface area (Å²) in [6.45, 7) is 5.53. The number of hydrogen-bond acceptors (Lipinski definition) is 3. The lowest BCUT2D eigenvalue weighted by Crippen LogP contribution is -2.63. The molecule has 4 heteroatoms. The van der Waals surface area contributed by atoms with Crippen LogP contribution < -0.4 is 0 Å². The number of hydrogen-bond donors (Lipinski definition) is 0. The highest BCUT2D eigenvalue weighted by atomic mass is 16.2. The van der Waals surface area contributed by atoms with E-state index in [2.05, 4.69) is 33.8 Å². The van der Waals surface area contributed by atoms with Crippen LogP contribution in [0.25, 0.3) is 0 Å². The number of piperidine rings is 1. The summed E-state index contributed by atoms with van der Waals surface area (Å²) in [6.07, 6.45) is 13.2. The van der Waals surface area contributed by atoms with Gasteiger partial charge in [-0.05, 0) is 68.7 Å². The molecule has 0 bridgehead atoms. The van der Waals surface area contributed by atoms with Gasteiger partial charge in [0.2, 0.25) is 5.91 Å². The monoisotopic (exact) mass is 341 g/mol. The van der Waals surface area contributed by atoms with Gasteiger partial charge in [0.05, 0.1) is 5.54 Å². The molecule has 2 atom stereocenters. The van der Waals surface area contributed by atoms with Crippen molar-refractivity contribution in [1.82, 2.24) is 14.8 Å². The van der Waals surface area contributed by atoms with E-state index in [1.54, 1.807) is 0 Å². The van der Waals surface area contributed by atoms with Crippen molar-refractivity contribution in [1.29, 1.82) is 0 Å². The minimum absolute atomic E-state index is 0.0527. The second kappa shape index (κ2) is 7.06. The van der Waals surface area contributed by atoms with Gasteiger partial charge in [0, 0.05) is 37.9 Å². The van der Waals surface area contributed by atoms with Crippen molar-refractivity contribution in [2.75, 3.05) is 13.1 Å². The SMILES string of the molecule is CC[C@H]1N(CC2CCC2)CCC[C@]12CCC(=O)N2Cc1ccncc1. The summed E-state index contributed by atoms with van der Waals surface area (Å²) in [7, 11) is 0. The molecule has 0 N–H and O–H groups in total. The highest BCUT2D eigenvalue weighted by Crippen LogP contribution is 2.45. The number of carbonyl (C=O) groups is 1. The number of nitrogens with zero attached hydrogens (tertiary/aromatic N) is 3. The minimum atomic E-state index is 0.0527. The number of aromatic nitrogens is 1. The van der Waals surface area contributed by atoms with E-state index in [1.165, 1.54) is 50.8 Å². The third-order valence-corrected chi connectivity index (χ3v) is 6.92. The van der Waals surface area contributed by atoms with Gasteiger partial charge in [-0.15, -0.1) is 0 Å². The smallest absolute Gasteiger partial charge is 0.223 e.